The number of carbonyl (C=O) groups excluding carboxylic acids is 1. The van der Waals surface area contributed by atoms with Crippen LogP contribution in [0.5, 0.6) is 5.75 Å². The van der Waals surface area contributed by atoms with E-state index in [0.717, 1.165) is 35.5 Å². The SMILES string of the molecule is CCOC(=O)c1ccc(-c2ccc(-c3cn(-c4ccc(OCC)cc4)c4[n+]3CCCCC4)cc2)cc1. The molecule has 5 nitrogen and oxygen atoms in total. The Labute approximate surface area is 212 Å². The third kappa shape index (κ3) is 4.92. The molecule has 5 rings (SSSR count). The molecule has 0 N–H and O–H groups in total. The zero-order valence-corrected chi connectivity index (χ0v) is 21.1. The van der Waals surface area contributed by atoms with E-state index in [9.17, 15) is 4.79 Å². The number of hydrogen-bond acceptors (Lipinski definition) is 3. The molecule has 3 aromatic carbocycles. The van der Waals surface area contributed by atoms with Crippen LogP contribution in [-0.4, -0.2) is 23.8 Å². The first-order valence-corrected chi connectivity index (χ1v) is 12.9. The highest BCUT2D eigenvalue weighted by Crippen LogP contribution is 2.27. The van der Waals surface area contributed by atoms with Gasteiger partial charge in [-0.25, -0.2) is 9.36 Å². The number of carbonyl (C=O) groups is 1. The molecule has 1 aliphatic heterocycles. The molecule has 0 saturated carbocycles. The number of fused-ring (bicyclic) bond motifs is 1. The summed E-state index contributed by atoms with van der Waals surface area (Å²) in [6.07, 6.45) is 7.01. The van der Waals surface area contributed by atoms with Crippen LogP contribution in [0.2, 0.25) is 0 Å². The van der Waals surface area contributed by atoms with Crippen molar-refractivity contribution in [3.63, 3.8) is 0 Å². The molecule has 0 atom stereocenters. The summed E-state index contributed by atoms with van der Waals surface area (Å²) in [5.74, 6) is 1.97. The predicted octanol–water partition coefficient (Wildman–Crippen LogP) is 6.40. The molecular formula is C31H33N2O3+. The average molecular weight is 482 g/mol. The number of benzene rings is 3. The first kappa shape index (κ1) is 23.9. The Morgan fingerprint density at radius 3 is 2.14 bits per heavy atom. The van der Waals surface area contributed by atoms with E-state index < -0.39 is 0 Å². The summed E-state index contributed by atoms with van der Waals surface area (Å²) < 4.78 is 15.6. The molecule has 184 valence electrons. The normalized spacial score (nSPS) is 13.1. The molecule has 1 aromatic heterocycles. The maximum atomic E-state index is 12.0. The third-order valence-corrected chi connectivity index (χ3v) is 6.75. The molecule has 0 unspecified atom stereocenters. The Morgan fingerprint density at radius 2 is 1.47 bits per heavy atom. The Hall–Kier alpha value is -3.86. The van der Waals surface area contributed by atoms with Crippen LogP contribution in [0.3, 0.4) is 0 Å². The second kappa shape index (κ2) is 10.8. The van der Waals surface area contributed by atoms with Crippen LogP contribution < -0.4 is 9.30 Å². The zero-order chi connectivity index (χ0) is 24.9. The number of imidazole rings is 1. The number of nitrogens with zero attached hydrogens (tertiary/aromatic N) is 2. The van der Waals surface area contributed by atoms with Crippen LogP contribution in [0.4, 0.5) is 0 Å². The van der Waals surface area contributed by atoms with E-state index in [0.29, 0.717) is 18.8 Å². The molecule has 0 bridgehead atoms. The quantitative estimate of drug-likeness (QED) is 0.227. The molecule has 0 saturated heterocycles. The van der Waals surface area contributed by atoms with Crippen molar-refractivity contribution in [1.82, 2.24) is 4.57 Å². The van der Waals surface area contributed by atoms with Crippen molar-refractivity contribution in [1.29, 1.82) is 0 Å². The van der Waals surface area contributed by atoms with Crippen LogP contribution >= 0.6 is 0 Å². The summed E-state index contributed by atoms with van der Waals surface area (Å²) in [6, 6.07) is 24.7. The summed E-state index contributed by atoms with van der Waals surface area (Å²) in [7, 11) is 0. The van der Waals surface area contributed by atoms with Gasteiger partial charge in [0.25, 0.3) is 5.82 Å². The average Bonchev–Trinajstić information content (AvgIpc) is 3.10. The number of hydrogen-bond donors (Lipinski definition) is 0. The van der Waals surface area contributed by atoms with Crippen molar-refractivity contribution in [2.24, 2.45) is 0 Å². The number of ether oxygens (including phenoxy) is 2. The Morgan fingerprint density at radius 1 is 0.806 bits per heavy atom. The second-order valence-electron chi connectivity index (χ2n) is 9.06. The smallest absolute Gasteiger partial charge is 0.338 e. The minimum absolute atomic E-state index is 0.283. The highest BCUT2D eigenvalue weighted by molar-refractivity contribution is 5.90. The maximum Gasteiger partial charge on any atom is 0.338 e. The molecule has 0 aliphatic carbocycles. The van der Waals surface area contributed by atoms with Crippen molar-refractivity contribution in [2.75, 3.05) is 13.2 Å². The summed E-state index contributed by atoms with van der Waals surface area (Å²) in [5, 5.41) is 0. The van der Waals surface area contributed by atoms with E-state index in [-0.39, 0.29) is 5.97 Å². The van der Waals surface area contributed by atoms with Gasteiger partial charge in [-0.05, 0) is 92.8 Å². The summed E-state index contributed by atoms with van der Waals surface area (Å²) in [4.78, 5) is 12.0. The van der Waals surface area contributed by atoms with E-state index >= 15 is 0 Å². The lowest BCUT2D eigenvalue weighted by Gasteiger charge is -2.06. The standard InChI is InChI=1S/C31H33N2O3/c1-3-35-28-19-17-27(18-20-28)33-22-29(32-21-7-5-6-8-30(32)33)25-13-9-23(10-14-25)24-11-15-26(16-12-24)31(34)36-4-2/h9-20,22H,3-8,21H2,1-2H3/q+1. The van der Waals surface area contributed by atoms with E-state index in [1.807, 2.05) is 50.2 Å². The monoisotopic (exact) mass is 481 g/mol. The summed E-state index contributed by atoms with van der Waals surface area (Å²) >= 11 is 0. The minimum atomic E-state index is -0.283. The van der Waals surface area contributed by atoms with Crippen LogP contribution in [0, 0.1) is 0 Å². The van der Waals surface area contributed by atoms with Gasteiger partial charge >= 0.3 is 5.97 Å². The molecule has 1 aliphatic rings. The summed E-state index contributed by atoms with van der Waals surface area (Å²) in [6.45, 7) is 5.91. The largest absolute Gasteiger partial charge is 0.494 e. The van der Waals surface area contributed by atoms with Crippen molar-refractivity contribution in [3.05, 3.63) is 90.4 Å². The van der Waals surface area contributed by atoms with Gasteiger partial charge < -0.3 is 9.47 Å². The van der Waals surface area contributed by atoms with Gasteiger partial charge in [0.1, 0.15) is 17.6 Å². The molecule has 0 radical (unpaired) electrons. The maximum absolute atomic E-state index is 12.0. The topological polar surface area (TPSA) is 44.3 Å². The van der Waals surface area contributed by atoms with Crippen molar-refractivity contribution >= 4 is 5.97 Å². The molecule has 36 heavy (non-hydrogen) atoms. The predicted molar refractivity (Wildman–Crippen MR) is 142 cm³/mol. The highest BCUT2D eigenvalue weighted by atomic mass is 16.5. The van der Waals surface area contributed by atoms with E-state index in [1.165, 1.54) is 36.3 Å². The molecule has 0 fully saturated rings. The first-order chi connectivity index (χ1) is 17.7. The van der Waals surface area contributed by atoms with Crippen molar-refractivity contribution in [3.8, 4) is 33.8 Å². The second-order valence-corrected chi connectivity index (χ2v) is 9.06. The molecule has 2 heterocycles. The van der Waals surface area contributed by atoms with Gasteiger partial charge in [-0.3, -0.25) is 0 Å². The third-order valence-electron chi connectivity index (χ3n) is 6.75. The Bertz CT molecular complexity index is 1320. The fourth-order valence-electron chi connectivity index (χ4n) is 4.94. The highest BCUT2D eigenvalue weighted by Gasteiger charge is 2.27. The molecule has 0 spiro atoms. The van der Waals surface area contributed by atoms with Crippen LogP contribution in [-0.2, 0) is 17.7 Å². The summed E-state index contributed by atoms with van der Waals surface area (Å²) in [5.41, 5.74) is 6.38. The van der Waals surface area contributed by atoms with Gasteiger partial charge in [-0.15, -0.1) is 0 Å². The van der Waals surface area contributed by atoms with E-state index in [4.69, 9.17) is 9.47 Å². The lowest BCUT2D eigenvalue weighted by Crippen LogP contribution is -2.38. The van der Waals surface area contributed by atoms with Gasteiger partial charge in [-0.2, -0.15) is 4.57 Å². The van der Waals surface area contributed by atoms with Gasteiger partial charge in [-0.1, -0.05) is 24.3 Å². The van der Waals surface area contributed by atoms with Gasteiger partial charge in [0, 0.05) is 12.0 Å². The molecule has 0 amide bonds. The zero-order valence-electron chi connectivity index (χ0n) is 21.1. The van der Waals surface area contributed by atoms with Crippen molar-refractivity contribution < 1.29 is 18.8 Å². The number of esters is 1. The van der Waals surface area contributed by atoms with Gasteiger partial charge in [0.15, 0.2) is 5.69 Å². The lowest BCUT2D eigenvalue weighted by molar-refractivity contribution is -0.692. The number of rotatable bonds is 7. The molecular weight excluding hydrogens is 448 g/mol. The van der Waals surface area contributed by atoms with E-state index in [2.05, 4.69) is 51.7 Å². The van der Waals surface area contributed by atoms with Crippen LogP contribution in [0.25, 0.3) is 28.1 Å². The van der Waals surface area contributed by atoms with Crippen molar-refractivity contribution in [2.45, 2.75) is 46.1 Å². The van der Waals surface area contributed by atoms with Gasteiger partial charge in [0.2, 0.25) is 0 Å². The number of aromatic nitrogens is 2. The first-order valence-electron chi connectivity index (χ1n) is 12.9. The Kier molecular flexibility index (Phi) is 7.17. The van der Waals surface area contributed by atoms with Crippen LogP contribution in [0.1, 0.15) is 49.3 Å². The molecule has 4 aromatic rings. The molecule has 5 heteroatoms. The lowest BCUT2D eigenvalue weighted by atomic mass is 10.0. The fourth-order valence-corrected chi connectivity index (χ4v) is 4.94. The van der Waals surface area contributed by atoms with Crippen LogP contribution in [0.15, 0.2) is 79.0 Å². The minimum Gasteiger partial charge on any atom is -0.494 e. The Balaban J connectivity index is 1.45. The fraction of sp³-hybridized carbons (Fsp3) is 0.290. The van der Waals surface area contributed by atoms with Gasteiger partial charge in [0.05, 0.1) is 25.3 Å². The van der Waals surface area contributed by atoms with E-state index in [1.54, 1.807) is 0 Å².